The van der Waals surface area contributed by atoms with Crippen molar-refractivity contribution in [3.63, 3.8) is 0 Å². The fraction of sp³-hybridized carbons (Fsp3) is 0.526. The fourth-order valence-corrected chi connectivity index (χ4v) is 4.27. The molecule has 0 radical (unpaired) electrons. The van der Waals surface area contributed by atoms with Crippen LogP contribution in [0, 0.1) is 5.41 Å². The molecular formula is C19H27N2O8P. The highest BCUT2D eigenvalue weighted by Gasteiger charge is 2.48. The Hall–Kier alpha value is -2.26. The molecule has 1 aliphatic heterocycles. The van der Waals surface area contributed by atoms with Gasteiger partial charge in [-0.25, -0.2) is 9.65 Å². The van der Waals surface area contributed by atoms with E-state index in [-0.39, 0.29) is 26.2 Å². The van der Waals surface area contributed by atoms with Crippen molar-refractivity contribution in [1.82, 2.24) is 10.4 Å². The molecule has 1 unspecified atom stereocenters. The van der Waals surface area contributed by atoms with Crippen LogP contribution in [-0.2, 0) is 44.1 Å². The number of esters is 2. The Bertz CT molecular complexity index is 799. The van der Waals surface area contributed by atoms with Gasteiger partial charge in [0.15, 0.2) is 6.10 Å². The monoisotopic (exact) mass is 442 g/mol. The maximum Gasteiger partial charge on any atom is 0.406 e. The molecule has 1 heterocycles. The van der Waals surface area contributed by atoms with Crippen LogP contribution in [0.3, 0.4) is 0 Å². The predicted molar refractivity (Wildman–Crippen MR) is 106 cm³/mol. The largest absolute Gasteiger partial charge is 0.469 e. The van der Waals surface area contributed by atoms with E-state index in [1.807, 2.05) is 30.3 Å². The maximum atomic E-state index is 12.8. The van der Waals surface area contributed by atoms with E-state index in [1.165, 1.54) is 7.11 Å². The fourth-order valence-electron chi connectivity index (χ4n) is 2.56. The van der Waals surface area contributed by atoms with E-state index < -0.39 is 43.7 Å². The van der Waals surface area contributed by atoms with E-state index >= 15 is 0 Å². The summed E-state index contributed by atoms with van der Waals surface area (Å²) in [5, 5.41) is 4.98. The lowest BCUT2D eigenvalue weighted by Gasteiger charge is -2.40. The summed E-state index contributed by atoms with van der Waals surface area (Å²) in [6.45, 7) is 3.11. The van der Waals surface area contributed by atoms with Gasteiger partial charge in [0.1, 0.15) is 13.2 Å². The minimum absolute atomic E-state index is 0.00491. The Balaban J connectivity index is 1.86. The third-order valence-electron chi connectivity index (χ3n) is 4.31. The Kier molecular flexibility index (Phi) is 8.54. The third kappa shape index (κ3) is 7.21. The number of amides is 1. The average molecular weight is 442 g/mol. The Labute approximate surface area is 175 Å². The number of hydrogen-bond acceptors (Lipinski definition) is 8. The highest BCUT2D eigenvalue weighted by atomic mass is 31.2. The normalized spacial score (nSPS) is 22.7. The average Bonchev–Trinajstić information content (AvgIpc) is 2.73. The van der Waals surface area contributed by atoms with Crippen LogP contribution >= 0.6 is 7.75 Å². The summed E-state index contributed by atoms with van der Waals surface area (Å²) in [6, 6.07) is 9.10. The number of rotatable bonds is 9. The van der Waals surface area contributed by atoms with Crippen LogP contribution in [-0.4, -0.2) is 50.8 Å². The zero-order chi connectivity index (χ0) is 22.2. The molecule has 30 heavy (non-hydrogen) atoms. The highest BCUT2D eigenvalue weighted by molar-refractivity contribution is 7.51. The van der Waals surface area contributed by atoms with Gasteiger partial charge in [-0.05, 0) is 5.56 Å². The van der Waals surface area contributed by atoms with Crippen molar-refractivity contribution in [2.45, 2.75) is 33.0 Å². The van der Waals surface area contributed by atoms with Crippen LogP contribution < -0.4 is 10.4 Å². The number of carbonyl (C=O) groups is 3. The third-order valence-corrected chi connectivity index (χ3v) is 5.82. The first-order valence-electron chi connectivity index (χ1n) is 9.37. The first-order valence-corrected chi connectivity index (χ1v) is 10.9. The van der Waals surface area contributed by atoms with Crippen molar-refractivity contribution in [1.29, 1.82) is 0 Å². The molecule has 0 aromatic heterocycles. The van der Waals surface area contributed by atoms with Crippen LogP contribution in [0.4, 0.5) is 0 Å². The highest BCUT2D eigenvalue weighted by Crippen LogP contribution is 2.53. The Morgan fingerprint density at radius 2 is 1.90 bits per heavy atom. The number of nitrogens with one attached hydrogen (secondary N) is 2. The maximum absolute atomic E-state index is 12.8. The molecule has 166 valence electrons. The summed E-state index contributed by atoms with van der Waals surface area (Å²) in [7, 11) is -2.66. The van der Waals surface area contributed by atoms with Crippen LogP contribution in [0.15, 0.2) is 30.3 Å². The molecular weight excluding hydrogens is 415 g/mol. The second-order valence-corrected chi connectivity index (χ2v) is 9.12. The van der Waals surface area contributed by atoms with Gasteiger partial charge in [-0.2, -0.15) is 0 Å². The number of hydrogen-bond donors (Lipinski definition) is 2. The molecule has 1 aromatic rings. The molecule has 1 amide bonds. The Morgan fingerprint density at radius 1 is 1.20 bits per heavy atom. The second-order valence-electron chi connectivity index (χ2n) is 7.34. The van der Waals surface area contributed by atoms with Gasteiger partial charge >= 0.3 is 19.7 Å². The molecule has 10 nitrogen and oxygen atoms in total. The lowest BCUT2D eigenvalue weighted by molar-refractivity contribution is -0.144. The molecule has 2 rings (SSSR count). The molecule has 1 saturated heterocycles. The van der Waals surface area contributed by atoms with Crippen molar-refractivity contribution >= 4 is 25.6 Å². The molecule has 11 heteroatoms. The van der Waals surface area contributed by atoms with Crippen molar-refractivity contribution in [3.05, 3.63) is 35.9 Å². The van der Waals surface area contributed by atoms with Crippen molar-refractivity contribution in [2.75, 3.05) is 26.8 Å². The summed E-state index contributed by atoms with van der Waals surface area (Å²) >= 11 is 0. The van der Waals surface area contributed by atoms with Gasteiger partial charge in [-0.15, -0.1) is 0 Å². The van der Waals surface area contributed by atoms with Crippen LogP contribution in [0.1, 0.15) is 25.8 Å². The van der Waals surface area contributed by atoms with Gasteiger partial charge in [0.2, 0.25) is 5.91 Å². The van der Waals surface area contributed by atoms with Gasteiger partial charge < -0.3 is 14.8 Å². The molecule has 1 fully saturated rings. The zero-order valence-corrected chi connectivity index (χ0v) is 18.1. The summed E-state index contributed by atoms with van der Waals surface area (Å²) in [6.07, 6.45) is -1.11. The first kappa shape index (κ1) is 24.0. The number of ether oxygens (including phenoxy) is 2. The van der Waals surface area contributed by atoms with Gasteiger partial charge in [0, 0.05) is 12.0 Å². The molecule has 1 aromatic carbocycles. The summed E-state index contributed by atoms with van der Waals surface area (Å²) in [4.78, 5) is 35.6. The molecule has 0 saturated carbocycles. The molecule has 0 bridgehead atoms. The topological polar surface area (TPSA) is 129 Å². The summed E-state index contributed by atoms with van der Waals surface area (Å²) in [5.74, 6) is -1.66. The summed E-state index contributed by atoms with van der Waals surface area (Å²) < 4.78 is 33.2. The second kappa shape index (κ2) is 10.7. The standard InChI is InChI=1S/C19H27N2O8P/c1-19(2)13-28-30(25,29-17(19)18(24)20-10-9-15(22)26-3)21-11-16(23)27-12-14-7-5-4-6-8-14/h4-8,17H,9-13H2,1-3H3,(H,20,24)(H,21,25)/t17-,30?/m0/s1. The summed E-state index contributed by atoms with van der Waals surface area (Å²) in [5.41, 5.74) is 0.0340. The minimum Gasteiger partial charge on any atom is -0.469 e. The molecule has 0 aliphatic carbocycles. The van der Waals surface area contributed by atoms with Crippen LogP contribution in [0.25, 0.3) is 0 Å². The van der Waals surface area contributed by atoms with E-state index in [0.717, 1.165) is 5.56 Å². The number of benzene rings is 1. The van der Waals surface area contributed by atoms with E-state index in [4.69, 9.17) is 13.8 Å². The lowest BCUT2D eigenvalue weighted by Crippen LogP contribution is -2.51. The van der Waals surface area contributed by atoms with Crippen molar-refractivity contribution < 1.29 is 37.5 Å². The van der Waals surface area contributed by atoms with Gasteiger partial charge in [-0.3, -0.25) is 23.4 Å². The zero-order valence-electron chi connectivity index (χ0n) is 17.2. The van der Waals surface area contributed by atoms with Gasteiger partial charge in [0.05, 0.1) is 20.1 Å². The van der Waals surface area contributed by atoms with Gasteiger partial charge in [-0.1, -0.05) is 44.2 Å². The van der Waals surface area contributed by atoms with E-state index in [2.05, 4.69) is 15.1 Å². The van der Waals surface area contributed by atoms with Crippen LogP contribution in [0.5, 0.6) is 0 Å². The van der Waals surface area contributed by atoms with E-state index in [1.54, 1.807) is 13.8 Å². The molecule has 1 aliphatic rings. The van der Waals surface area contributed by atoms with Crippen molar-refractivity contribution in [3.8, 4) is 0 Å². The molecule has 0 spiro atoms. The first-order chi connectivity index (χ1) is 14.1. The SMILES string of the molecule is COC(=O)CCNC(=O)[C@@H]1OP(=O)(NCC(=O)OCc2ccccc2)OCC1(C)C. The Morgan fingerprint density at radius 3 is 2.57 bits per heavy atom. The smallest absolute Gasteiger partial charge is 0.406 e. The number of carbonyl (C=O) groups excluding carboxylic acids is 3. The van der Waals surface area contributed by atoms with Crippen molar-refractivity contribution in [2.24, 2.45) is 5.41 Å². The van der Waals surface area contributed by atoms with E-state index in [9.17, 15) is 18.9 Å². The molecule has 2 atom stereocenters. The van der Waals surface area contributed by atoms with E-state index in [0.29, 0.717) is 0 Å². The van der Waals surface area contributed by atoms with Crippen LogP contribution in [0.2, 0.25) is 0 Å². The lowest BCUT2D eigenvalue weighted by atomic mass is 9.87. The quantitative estimate of drug-likeness (QED) is 0.432. The minimum atomic E-state index is -3.91. The van der Waals surface area contributed by atoms with Gasteiger partial charge in [0.25, 0.3) is 0 Å². The molecule has 2 N–H and O–H groups in total. The predicted octanol–water partition coefficient (Wildman–Crippen LogP) is 1.55. The number of methoxy groups -OCH3 is 1.